The Kier molecular flexibility index (Phi) is 6.66. The van der Waals surface area contributed by atoms with Crippen molar-refractivity contribution in [2.45, 2.75) is 57.1 Å². The monoisotopic (exact) mass is 352 g/mol. The number of nitrogens with two attached hydrogens (primary N) is 1. The standard InChI is InChI=1S/C18H28N2O3S/c1-12-10-20-15(8-14(12)5-3-4-13-6-7-13)9-18(23,17(21)22)16(19)11-24-2/h8,10,13,16,23H,3-7,9,11,19H2,1-2H3,(H,21,22). The van der Waals surface area contributed by atoms with E-state index < -0.39 is 17.6 Å². The smallest absolute Gasteiger partial charge is 0.337 e. The molecule has 2 rings (SSSR count). The summed E-state index contributed by atoms with van der Waals surface area (Å²) in [5.41, 5.74) is 6.82. The minimum Gasteiger partial charge on any atom is -0.479 e. The van der Waals surface area contributed by atoms with Crippen molar-refractivity contribution in [2.75, 3.05) is 12.0 Å². The van der Waals surface area contributed by atoms with E-state index in [0.29, 0.717) is 11.4 Å². The van der Waals surface area contributed by atoms with Crippen LogP contribution < -0.4 is 5.73 Å². The SMILES string of the molecule is CSCC(N)C(O)(Cc1cc(CCCC2CC2)c(C)cn1)C(=O)O. The zero-order valence-electron chi connectivity index (χ0n) is 14.5. The van der Waals surface area contributed by atoms with Crippen molar-refractivity contribution >= 4 is 17.7 Å². The largest absolute Gasteiger partial charge is 0.479 e. The predicted octanol–water partition coefficient (Wildman–Crippen LogP) is 2.17. The lowest BCUT2D eigenvalue weighted by Gasteiger charge is -2.29. The molecule has 1 heterocycles. The molecular weight excluding hydrogens is 324 g/mol. The normalized spacial score (nSPS) is 18.2. The number of thioether (sulfide) groups is 1. The highest BCUT2D eigenvalue weighted by atomic mass is 32.2. The third kappa shape index (κ3) is 4.94. The van der Waals surface area contributed by atoms with E-state index in [-0.39, 0.29) is 6.42 Å². The molecule has 1 saturated carbocycles. The predicted molar refractivity (Wildman–Crippen MR) is 97.3 cm³/mol. The maximum absolute atomic E-state index is 11.6. The Morgan fingerprint density at radius 2 is 2.25 bits per heavy atom. The summed E-state index contributed by atoms with van der Waals surface area (Å²) in [5.74, 6) is -0.00178. The van der Waals surface area contributed by atoms with Gasteiger partial charge >= 0.3 is 5.97 Å². The fourth-order valence-corrected chi connectivity index (χ4v) is 3.56. The third-order valence-electron chi connectivity index (χ3n) is 4.81. The molecule has 24 heavy (non-hydrogen) atoms. The molecule has 1 aromatic heterocycles. The summed E-state index contributed by atoms with van der Waals surface area (Å²) < 4.78 is 0. The van der Waals surface area contributed by atoms with Gasteiger partial charge in [-0.2, -0.15) is 11.8 Å². The van der Waals surface area contributed by atoms with Crippen molar-refractivity contribution < 1.29 is 15.0 Å². The molecule has 0 bridgehead atoms. The number of carboxylic acid groups (broad SMARTS) is 1. The van der Waals surface area contributed by atoms with Crippen LogP contribution in [0.4, 0.5) is 0 Å². The highest BCUT2D eigenvalue weighted by Crippen LogP contribution is 2.34. The summed E-state index contributed by atoms with van der Waals surface area (Å²) in [6.07, 6.45) is 9.63. The quantitative estimate of drug-likeness (QED) is 0.597. The number of hydrogen-bond acceptors (Lipinski definition) is 5. The fourth-order valence-electron chi connectivity index (χ4n) is 2.93. The van der Waals surface area contributed by atoms with Gasteiger partial charge in [-0.25, -0.2) is 4.79 Å². The van der Waals surface area contributed by atoms with Gasteiger partial charge in [0.25, 0.3) is 0 Å². The van der Waals surface area contributed by atoms with Gasteiger partial charge in [-0.1, -0.05) is 19.3 Å². The van der Waals surface area contributed by atoms with Gasteiger partial charge in [-0.3, -0.25) is 4.98 Å². The van der Waals surface area contributed by atoms with Gasteiger partial charge in [0, 0.05) is 24.1 Å². The Balaban J connectivity index is 2.09. The van der Waals surface area contributed by atoms with E-state index in [2.05, 4.69) is 4.98 Å². The Labute approximate surface area is 148 Å². The van der Waals surface area contributed by atoms with Crippen LogP contribution in [0, 0.1) is 12.8 Å². The van der Waals surface area contributed by atoms with Crippen LogP contribution in [0.2, 0.25) is 0 Å². The minimum absolute atomic E-state index is 0.0695. The zero-order chi connectivity index (χ0) is 17.7. The van der Waals surface area contributed by atoms with E-state index in [0.717, 1.165) is 24.3 Å². The Bertz CT molecular complexity index is 577. The van der Waals surface area contributed by atoms with E-state index in [9.17, 15) is 15.0 Å². The first-order valence-electron chi connectivity index (χ1n) is 8.51. The summed E-state index contributed by atoms with van der Waals surface area (Å²) in [7, 11) is 0. The van der Waals surface area contributed by atoms with E-state index in [1.807, 2.05) is 19.2 Å². The first-order chi connectivity index (χ1) is 11.4. The highest BCUT2D eigenvalue weighted by molar-refractivity contribution is 7.98. The van der Waals surface area contributed by atoms with Gasteiger partial charge in [0.1, 0.15) is 0 Å². The Morgan fingerprint density at radius 3 is 2.83 bits per heavy atom. The maximum Gasteiger partial charge on any atom is 0.337 e. The van der Waals surface area contributed by atoms with Crippen molar-refractivity contribution in [3.8, 4) is 0 Å². The number of aromatic nitrogens is 1. The number of rotatable bonds is 10. The molecule has 134 valence electrons. The van der Waals surface area contributed by atoms with Gasteiger partial charge in [-0.15, -0.1) is 0 Å². The number of nitrogens with zero attached hydrogens (tertiary/aromatic N) is 1. The van der Waals surface area contributed by atoms with Gasteiger partial charge < -0.3 is 15.9 Å². The van der Waals surface area contributed by atoms with Gasteiger partial charge in [0.05, 0.1) is 6.04 Å². The van der Waals surface area contributed by atoms with Crippen LogP contribution in [0.1, 0.15) is 42.5 Å². The van der Waals surface area contributed by atoms with Crippen LogP contribution in [0.25, 0.3) is 0 Å². The molecule has 1 aromatic rings. The van der Waals surface area contributed by atoms with E-state index >= 15 is 0 Å². The first kappa shape index (κ1) is 19.2. The lowest BCUT2D eigenvalue weighted by Crippen LogP contribution is -2.57. The van der Waals surface area contributed by atoms with Crippen LogP contribution in [-0.2, 0) is 17.6 Å². The molecule has 0 aliphatic heterocycles. The van der Waals surface area contributed by atoms with Gasteiger partial charge in [0.15, 0.2) is 5.60 Å². The average Bonchev–Trinajstić information content (AvgIpc) is 3.34. The highest BCUT2D eigenvalue weighted by Gasteiger charge is 2.42. The second-order valence-corrected chi connectivity index (χ2v) is 7.82. The van der Waals surface area contributed by atoms with Crippen molar-refractivity contribution in [2.24, 2.45) is 11.7 Å². The van der Waals surface area contributed by atoms with E-state index in [4.69, 9.17) is 5.73 Å². The second kappa shape index (κ2) is 8.32. The molecule has 0 radical (unpaired) electrons. The molecule has 0 saturated heterocycles. The van der Waals surface area contributed by atoms with Crippen molar-refractivity contribution in [3.05, 3.63) is 29.1 Å². The molecule has 5 nitrogen and oxygen atoms in total. The zero-order valence-corrected chi connectivity index (χ0v) is 15.3. The molecule has 0 spiro atoms. The van der Waals surface area contributed by atoms with Crippen molar-refractivity contribution in [3.63, 3.8) is 0 Å². The topological polar surface area (TPSA) is 96.4 Å². The second-order valence-electron chi connectivity index (χ2n) is 6.91. The number of carbonyl (C=O) groups is 1. The molecule has 6 heteroatoms. The van der Waals surface area contributed by atoms with Crippen LogP contribution in [0.3, 0.4) is 0 Å². The molecule has 2 unspecified atom stereocenters. The summed E-state index contributed by atoms with van der Waals surface area (Å²) in [4.78, 5) is 15.9. The average molecular weight is 352 g/mol. The third-order valence-corrected chi connectivity index (χ3v) is 5.50. The minimum atomic E-state index is -1.99. The molecule has 4 N–H and O–H groups in total. The summed E-state index contributed by atoms with van der Waals surface area (Å²) in [6, 6.07) is 1.09. The number of hydrogen-bond donors (Lipinski definition) is 3. The molecular formula is C18H28N2O3S. The number of aryl methyl sites for hydroxylation is 2. The van der Waals surface area contributed by atoms with Gasteiger partial charge in [-0.05, 0) is 49.1 Å². The molecule has 0 amide bonds. The van der Waals surface area contributed by atoms with Crippen molar-refractivity contribution in [1.82, 2.24) is 4.98 Å². The van der Waals surface area contributed by atoms with Crippen LogP contribution in [-0.4, -0.2) is 44.8 Å². The number of pyridine rings is 1. The summed E-state index contributed by atoms with van der Waals surface area (Å²) in [5, 5.41) is 20.0. The molecule has 1 aliphatic carbocycles. The Hall–Kier alpha value is -1.11. The van der Waals surface area contributed by atoms with Crippen LogP contribution >= 0.6 is 11.8 Å². The number of aliphatic hydroxyl groups is 1. The molecule has 0 aromatic carbocycles. The lowest BCUT2D eigenvalue weighted by molar-refractivity contribution is -0.160. The van der Waals surface area contributed by atoms with E-state index in [1.54, 1.807) is 6.20 Å². The number of carboxylic acids is 1. The molecule has 1 aliphatic rings. The maximum atomic E-state index is 11.6. The lowest BCUT2D eigenvalue weighted by atomic mass is 9.89. The summed E-state index contributed by atoms with van der Waals surface area (Å²) in [6.45, 7) is 2.02. The van der Waals surface area contributed by atoms with Gasteiger partial charge in [0.2, 0.25) is 0 Å². The molecule has 1 fully saturated rings. The Morgan fingerprint density at radius 1 is 1.54 bits per heavy atom. The van der Waals surface area contributed by atoms with Crippen LogP contribution in [0.5, 0.6) is 0 Å². The van der Waals surface area contributed by atoms with E-state index in [1.165, 1.54) is 36.6 Å². The fraction of sp³-hybridized carbons (Fsp3) is 0.667. The number of aliphatic carboxylic acids is 1. The summed E-state index contributed by atoms with van der Waals surface area (Å²) >= 11 is 1.42. The molecule has 2 atom stereocenters. The van der Waals surface area contributed by atoms with Crippen LogP contribution in [0.15, 0.2) is 12.3 Å². The van der Waals surface area contributed by atoms with Crippen molar-refractivity contribution in [1.29, 1.82) is 0 Å². The first-order valence-corrected chi connectivity index (χ1v) is 9.91.